The number of hydrogen-bond acceptors (Lipinski definition) is 10. The lowest BCUT2D eigenvalue weighted by Crippen LogP contribution is -2.57. The molecule has 0 unspecified atom stereocenters. The van der Waals surface area contributed by atoms with E-state index in [4.69, 9.17) is 28.8 Å². The minimum absolute atomic E-state index is 0.00541. The second kappa shape index (κ2) is 15.2. The SMILES string of the molecule is CC(C)CN(C[C@@H](O)[C@H](Cc1ccc(OCCCCO)cc1)N(C(=O)O)[C@H]1CO[C@H]2OCC[C@H]21)S(=O)(=O)c1ccc2c(c1)OCO2. The zero-order valence-electron chi connectivity index (χ0n) is 26.2. The van der Waals surface area contributed by atoms with Crippen LogP contribution in [0.5, 0.6) is 17.2 Å². The van der Waals surface area contributed by atoms with Gasteiger partial charge in [0, 0.05) is 31.7 Å². The number of hydrogen-bond donors (Lipinski definition) is 3. The summed E-state index contributed by atoms with van der Waals surface area (Å²) in [5.41, 5.74) is 0.741. The van der Waals surface area contributed by atoms with Crippen LogP contribution in [0.25, 0.3) is 0 Å². The molecule has 0 aliphatic carbocycles. The molecule has 2 saturated heterocycles. The summed E-state index contributed by atoms with van der Waals surface area (Å²) in [4.78, 5) is 14.2. The van der Waals surface area contributed by atoms with Crippen LogP contribution in [0.2, 0.25) is 0 Å². The Labute approximate surface area is 269 Å². The Balaban J connectivity index is 1.42. The molecule has 3 N–H and O–H groups in total. The molecule has 46 heavy (non-hydrogen) atoms. The average molecular weight is 665 g/mol. The third-order valence-corrected chi connectivity index (χ3v) is 10.3. The molecule has 0 saturated carbocycles. The summed E-state index contributed by atoms with van der Waals surface area (Å²) in [5.74, 6) is 1.10. The third kappa shape index (κ3) is 7.86. The van der Waals surface area contributed by atoms with Crippen molar-refractivity contribution >= 4 is 16.1 Å². The monoisotopic (exact) mass is 664 g/mol. The molecule has 2 aromatic rings. The summed E-state index contributed by atoms with van der Waals surface area (Å²) in [6, 6.07) is 9.95. The van der Waals surface area contributed by atoms with Crippen LogP contribution < -0.4 is 14.2 Å². The fourth-order valence-corrected chi connectivity index (χ4v) is 7.88. The van der Waals surface area contributed by atoms with E-state index in [1.807, 2.05) is 26.0 Å². The number of nitrogens with zero attached hydrogens (tertiary/aromatic N) is 2. The van der Waals surface area contributed by atoms with Crippen LogP contribution in [0.3, 0.4) is 0 Å². The maximum atomic E-state index is 14.0. The molecule has 2 aromatic carbocycles. The summed E-state index contributed by atoms with van der Waals surface area (Å²) < 4.78 is 57.1. The summed E-state index contributed by atoms with van der Waals surface area (Å²) >= 11 is 0. The van der Waals surface area contributed by atoms with E-state index in [2.05, 4.69) is 0 Å². The number of amides is 1. The molecular weight excluding hydrogens is 620 g/mol. The summed E-state index contributed by atoms with van der Waals surface area (Å²) in [6.07, 6.45) is -1.07. The molecule has 0 radical (unpaired) electrons. The van der Waals surface area contributed by atoms with E-state index >= 15 is 0 Å². The van der Waals surface area contributed by atoms with Crippen molar-refractivity contribution in [3.63, 3.8) is 0 Å². The van der Waals surface area contributed by atoms with Crippen molar-refractivity contribution in [3.05, 3.63) is 48.0 Å². The quantitative estimate of drug-likeness (QED) is 0.226. The molecule has 14 heteroatoms. The van der Waals surface area contributed by atoms with E-state index < -0.39 is 40.6 Å². The maximum Gasteiger partial charge on any atom is 0.407 e. The first kappa shape index (κ1) is 34.2. The van der Waals surface area contributed by atoms with Crippen molar-refractivity contribution in [2.75, 3.05) is 46.3 Å². The molecule has 3 heterocycles. The summed E-state index contributed by atoms with van der Waals surface area (Å²) in [6.45, 7) is 4.60. The molecule has 1 amide bonds. The third-order valence-electron chi connectivity index (χ3n) is 8.52. The molecule has 5 atom stereocenters. The van der Waals surface area contributed by atoms with Crippen molar-refractivity contribution in [3.8, 4) is 17.2 Å². The zero-order valence-corrected chi connectivity index (χ0v) is 27.0. The largest absolute Gasteiger partial charge is 0.494 e. The highest BCUT2D eigenvalue weighted by Gasteiger charge is 2.49. The second-order valence-corrected chi connectivity index (χ2v) is 14.2. The van der Waals surface area contributed by atoms with Crippen LogP contribution in [0, 0.1) is 11.8 Å². The van der Waals surface area contributed by atoms with Gasteiger partial charge in [0.2, 0.25) is 16.8 Å². The number of ether oxygens (including phenoxy) is 5. The van der Waals surface area contributed by atoms with Crippen LogP contribution in [-0.2, 0) is 25.9 Å². The van der Waals surface area contributed by atoms with Gasteiger partial charge in [0.05, 0.1) is 42.9 Å². The first-order valence-electron chi connectivity index (χ1n) is 15.7. The van der Waals surface area contributed by atoms with E-state index in [9.17, 15) is 23.4 Å². The molecule has 13 nitrogen and oxygen atoms in total. The average Bonchev–Trinajstić information content (AvgIpc) is 3.77. The van der Waals surface area contributed by atoms with Gasteiger partial charge in [-0.15, -0.1) is 0 Å². The lowest BCUT2D eigenvalue weighted by atomic mass is 9.93. The normalized spacial score (nSPS) is 21.8. The highest BCUT2D eigenvalue weighted by atomic mass is 32.2. The number of aliphatic hydroxyl groups excluding tert-OH is 2. The Morgan fingerprint density at radius 2 is 1.80 bits per heavy atom. The zero-order chi connectivity index (χ0) is 32.8. The summed E-state index contributed by atoms with van der Waals surface area (Å²) in [7, 11) is -4.12. The number of carbonyl (C=O) groups is 1. The van der Waals surface area contributed by atoms with Crippen LogP contribution in [-0.4, -0.2) is 110 Å². The molecule has 254 valence electrons. The number of rotatable bonds is 16. The van der Waals surface area contributed by atoms with Gasteiger partial charge < -0.3 is 39.0 Å². The first-order valence-corrected chi connectivity index (χ1v) is 17.2. The molecule has 0 bridgehead atoms. The standard InChI is InChI=1S/C32H44N2O11S/c1-21(2)17-33(46(39,40)24-9-10-29-30(16-24)45-20-44-29)18-28(36)26(15-22-5-7-23(8-6-22)41-13-4-3-12-35)34(32(37)38)27-19-43-31-25(27)11-14-42-31/h5-10,16,21,25-28,31,35-36H,3-4,11-15,17-20H2,1-2H3,(H,37,38)/t25-,26-,27-,28+,31+/m0/s1. The summed E-state index contributed by atoms with van der Waals surface area (Å²) in [5, 5.41) is 31.4. The van der Waals surface area contributed by atoms with Crippen molar-refractivity contribution in [1.82, 2.24) is 9.21 Å². The van der Waals surface area contributed by atoms with Crippen LogP contribution in [0.4, 0.5) is 4.79 Å². The van der Waals surface area contributed by atoms with Crippen LogP contribution >= 0.6 is 0 Å². The van der Waals surface area contributed by atoms with E-state index in [1.165, 1.54) is 27.4 Å². The number of unbranched alkanes of at least 4 members (excludes halogenated alkanes) is 1. The Morgan fingerprint density at radius 1 is 1.04 bits per heavy atom. The smallest absolute Gasteiger partial charge is 0.407 e. The van der Waals surface area contributed by atoms with Gasteiger partial charge in [0.15, 0.2) is 17.8 Å². The van der Waals surface area contributed by atoms with Crippen molar-refractivity contribution in [2.24, 2.45) is 11.8 Å². The number of benzene rings is 2. The van der Waals surface area contributed by atoms with Gasteiger partial charge in [-0.1, -0.05) is 26.0 Å². The second-order valence-electron chi connectivity index (χ2n) is 12.3. The fraction of sp³-hybridized carbons (Fsp3) is 0.594. The topological polar surface area (TPSA) is 165 Å². The Morgan fingerprint density at radius 3 is 2.52 bits per heavy atom. The Kier molecular flexibility index (Phi) is 11.3. The van der Waals surface area contributed by atoms with Crippen LogP contribution in [0.1, 0.15) is 38.7 Å². The van der Waals surface area contributed by atoms with E-state index in [1.54, 1.807) is 12.1 Å². The van der Waals surface area contributed by atoms with Crippen molar-refractivity contribution in [1.29, 1.82) is 0 Å². The maximum absolute atomic E-state index is 14.0. The molecule has 5 rings (SSSR count). The molecule has 3 aliphatic rings. The van der Waals surface area contributed by atoms with E-state index in [0.29, 0.717) is 49.7 Å². The van der Waals surface area contributed by atoms with Gasteiger partial charge >= 0.3 is 6.09 Å². The molecule has 2 fully saturated rings. The lowest BCUT2D eigenvalue weighted by Gasteiger charge is -2.39. The number of fused-ring (bicyclic) bond motifs is 2. The first-order chi connectivity index (χ1) is 22.1. The fourth-order valence-electron chi connectivity index (χ4n) is 6.24. The van der Waals surface area contributed by atoms with Gasteiger partial charge in [-0.2, -0.15) is 4.31 Å². The highest BCUT2D eigenvalue weighted by Crippen LogP contribution is 2.37. The Hall–Kier alpha value is -3.14. The van der Waals surface area contributed by atoms with Gasteiger partial charge in [0.25, 0.3) is 0 Å². The van der Waals surface area contributed by atoms with Crippen molar-refractivity contribution < 1.29 is 52.2 Å². The predicted octanol–water partition coefficient (Wildman–Crippen LogP) is 2.93. The molecule has 3 aliphatic heterocycles. The van der Waals surface area contributed by atoms with Crippen LogP contribution in [0.15, 0.2) is 47.4 Å². The van der Waals surface area contributed by atoms with E-state index in [0.717, 1.165) is 5.56 Å². The number of carboxylic acid groups (broad SMARTS) is 1. The van der Waals surface area contributed by atoms with Crippen molar-refractivity contribution in [2.45, 2.75) is 68.9 Å². The Bertz CT molecular complexity index is 1420. The highest BCUT2D eigenvalue weighted by molar-refractivity contribution is 7.89. The molecule has 0 aromatic heterocycles. The minimum Gasteiger partial charge on any atom is -0.494 e. The minimum atomic E-state index is -4.12. The number of sulfonamides is 1. The lowest BCUT2D eigenvalue weighted by molar-refractivity contribution is -0.0906. The van der Waals surface area contributed by atoms with Gasteiger partial charge in [0.1, 0.15) is 5.75 Å². The van der Waals surface area contributed by atoms with Gasteiger partial charge in [-0.05, 0) is 61.4 Å². The van der Waals surface area contributed by atoms with Gasteiger partial charge in [-0.3, -0.25) is 4.90 Å². The van der Waals surface area contributed by atoms with Gasteiger partial charge in [-0.25, -0.2) is 13.2 Å². The molecular formula is C32H44N2O11S. The number of aliphatic hydroxyl groups is 2. The van der Waals surface area contributed by atoms with E-state index in [-0.39, 0.29) is 56.2 Å². The predicted molar refractivity (Wildman–Crippen MR) is 165 cm³/mol. The molecule has 0 spiro atoms.